The third kappa shape index (κ3) is 5.93. The number of likely N-dealkylation sites (N-methyl/N-ethyl adjacent to an activating group) is 1. The number of aromatic amines is 2. The molecule has 5 heterocycles. The van der Waals surface area contributed by atoms with Gasteiger partial charge in [-0.15, -0.1) is 0 Å². The summed E-state index contributed by atoms with van der Waals surface area (Å²) in [6, 6.07) is 12.7. The smallest absolute Gasteiger partial charge is 0.226 e. The van der Waals surface area contributed by atoms with Crippen molar-refractivity contribution in [1.82, 2.24) is 35.0 Å². The van der Waals surface area contributed by atoms with E-state index in [1.807, 2.05) is 58.3 Å². The predicted molar refractivity (Wildman–Crippen MR) is 168 cm³/mol. The lowest BCUT2D eigenvalue weighted by molar-refractivity contribution is -0.118. The van der Waals surface area contributed by atoms with E-state index in [2.05, 4.69) is 45.7 Å². The lowest BCUT2D eigenvalue weighted by Gasteiger charge is -2.13. The second-order valence-corrected chi connectivity index (χ2v) is 11.1. The fourth-order valence-corrected chi connectivity index (χ4v) is 4.89. The van der Waals surface area contributed by atoms with Crippen molar-refractivity contribution in [3.8, 4) is 33.8 Å². The maximum Gasteiger partial charge on any atom is 0.226 e. The van der Waals surface area contributed by atoms with Crippen LogP contribution >= 0.6 is 0 Å². The normalized spacial score (nSPS) is 11.6. The van der Waals surface area contributed by atoms with E-state index in [1.54, 1.807) is 24.8 Å². The van der Waals surface area contributed by atoms with Crippen LogP contribution in [-0.2, 0) is 4.79 Å². The number of nitrogens with zero attached hydrogens (tertiary/aromatic N) is 5. The monoisotopic (exact) mass is 577 g/mol. The van der Waals surface area contributed by atoms with Gasteiger partial charge in [0, 0.05) is 53.4 Å². The molecular weight excluding hydrogens is 545 g/mol. The first-order valence-corrected chi connectivity index (χ1v) is 14.0. The highest BCUT2D eigenvalue weighted by Gasteiger charge is 2.17. The van der Waals surface area contributed by atoms with Crippen LogP contribution in [0.1, 0.15) is 13.8 Å². The van der Waals surface area contributed by atoms with Crippen LogP contribution in [0.4, 0.5) is 15.8 Å². The molecule has 1 amide bonds. The summed E-state index contributed by atoms with van der Waals surface area (Å²) in [6.07, 6.45) is 6.76. The van der Waals surface area contributed by atoms with Crippen LogP contribution < -0.4 is 10.6 Å². The number of H-pyrrole nitrogens is 2. The number of amides is 1. The van der Waals surface area contributed by atoms with Crippen molar-refractivity contribution >= 4 is 39.2 Å². The molecule has 0 aliphatic heterocycles. The van der Waals surface area contributed by atoms with Crippen molar-refractivity contribution in [3.05, 3.63) is 73.1 Å². The topological polar surface area (TPSA) is 128 Å². The Morgan fingerprint density at radius 2 is 1.81 bits per heavy atom. The fourth-order valence-electron chi connectivity index (χ4n) is 4.89. The third-order valence-electron chi connectivity index (χ3n) is 7.16. The number of carbonyl (C=O) groups excluding carboxylic acids is 1. The number of nitrogens with one attached hydrogen (secondary N) is 4. The lowest BCUT2D eigenvalue weighted by Crippen LogP contribution is -2.20. The number of fused-ring (bicyclic) bond motifs is 2. The highest BCUT2D eigenvalue weighted by molar-refractivity contribution is 6.00. The summed E-state index contributed by atoms with van der Waals surface area (Å²) in [7, 11) is 4.00. The van der Waals surface area contributed by atoms with Gasteiger partial charge in [0.1, 0.15) is 17.2 Å². The SMILES string of the molecule is CC(C)C(=O)Nc1cncc(-c2cc3c(-c4cc5c(-c6cc(F)cc(NCCN(C)C)c6)ccnc5[nH]4)n[nH]c3cn2)c1. The minimum atomic E-state index is -0.314. The summed E-state index contributed by atoms with van der Waals surface area (Å²) < 4.78 is 14.7. The Bertz CT molecular complexity index is 1940. The molecule has 6 aromatic rings. The first-order valence-electron chi connectivity index (χ1n) is 14.0. The van der Waals surface area contributed by atoms with E-state index >= 15 is 0 Å². The van der Waals surface area contributed by atoms with Crippen LogP contribution in [0.5, 0.6) is 0 Å². The van der Waals surface area contributed by atoms with Crippen LogP contribution in [-0.4, -0.2) is 68.1 Å². The Kier molecular flexibility index (Phi) is 7.56. The summed E-state index contributed by atoms with van der Waals surface area (Å²) in [5, 5.41) is 15.5. The molecule has 10 nitrogen and oxygen atoms in total. The summed E-state index contributed by atoms with van der Waals surface area (Å²) in [6.45, 7) is 5.21. The molecule has 0 bridgehead atoms. The second kappa shape index (κ2) is 11.6. The molecular formula is C32H32FN9O. The first-order chi connectivity index (χ1) is 20.7. The third-order valence-corrected chi connectivity index (χ3v) is 7.16. The molecule has 1 aromatic carbocycles. The molecule has 0 fully saturated rings. The molecule has 0 spiro atoms. The Morgan fingerprint density at radius 1 is 0.977 bits per heavy atom. The number of aromatic nitrogens is 6. The first kappa shape index (κ1) is 28.0. The molecule has 0 radical (unpaired) electrons. The van der Waals surface area contributed by atoms with Gasteiger partial charge in [0.15, 0.2) is 0 Å². The number of benzene rings is 1. The van der Waals surface area contributed by atoms with Crippen LogP contribution in [0, 0.1) is 11.7 Å². The quantitative estimate of drug-likeness (QED) is 0.168. The number of hydrogen-bond acceptors (Lipinski definition) is 7. The summed E-state index contributed by atoms with van der Waals surface area (Å²) in [5.41, 5.74) is 7.27. The zero-order chi connectivity index (χ0) is 30.1. The molecule has 0 unspecified atom stereocenters. The number of halogens is 1. The predicted octanol–water partition coefficient (Wildman–Crippen LogP) is 5.94. The molecule has 11 heteroatoms. The molecule has 0 saturated heterocycles. The van der Waals surface area contributed by atoms with E-state index in [0.29, 0.717) is 29.3 Å². The Balaban J connectivity index is 1.36. The van der Waals surface area contributed by atoms with E-state index in [0.717, 1.165) is 50.9 Å². The Morgan fingerprint density at radius 3 is 2.63 bits per heavy atom. The fraction of sp³-hybridized carbons (Fsp3) is 0.219. The largest absolute Gasteiger partial charge is 0.384 e. The average Bonchev–Trinajstić information content (AvgIpc) is 3.60. The van der Waals surface area contributed by atoms with Gasteiger partial charge in [0.25, 0.3) is 0 Å². The highest BCUT2D eigenvalue weighted by atomic mass is 19.1. The van der Waals surface area contributed by atoms with Crippen LogP contribution in [0.2, 0.25) is 0 Å². The Labute approximate surface area is 247 Å². The van der Waals surface area contributed by atoms with Gasteiger partial charge in [-0.2, -0.15) is 5.10 Å². The molecule has 4 N–H and O–H groups in total. The summed E-state index contributed by atoms with van der Waals surface area (Å²) in [4.78, 5) is 31.1. The number of carbonyl (C=O) groups is 1. The highest BCUT2D eigenvalue weighted by Crippen LogP contribution is 2.35. The zero-order valence-corrected chi connectivity index (χ0v) is 24.4. The minimum Gasteiger partial charge on any atom is -0.384 e. The number of hydrogen-bond donors (Lipinski definition) is 4. The van der Waals surface area contributed by atoms with Gasteiger partial charge in [0.2, 0.25) is 5.91 Å². The van der Waals surface area contributed by atoms with Gasteiger partial charge < -0.3 is 20.5 Å². The maximum atomic E-state index is 14.7. The molecule has 0 aliphatic rings. The van der Waals surface area contributed by atoms with E-state index in [-0.39, 0.29) is 17.6 Å². The van der Waals surface area contributed by atoms with E-state index < -0.39 is 0 Å². The van der Waals surface area contributed by atoms with Gasteiger partial charge >= 0.3 is 0 Å². The van der Waals surface area contributed by atoms with Crippen molar-refractivity contribution < 1.29 is 9.18 Å². The minimum absolute atomic E-state index is 0.0821. The van der Waals surface area contributed by atoms with Crippen LogP contribution in [0.25, 0.3) is 55.7 Å². The Hall–Kier alpha value is -5.16. The number of rotatable bonds is 9. The number of anilines is 2. The van der Waals surface area contributed by atoms with Crippen LogP contribution in [0.3, 0.4) is 0 Å². The van der Waals surface area contributed by atoms with Crippen molar-refractivity contribution in [3.63, 3.8) is 0 Å². The van der Waals surface area contributed by atoms with Crippen molar-refractivity contribution in [2.45, 2.75) is 13.8 Å². The molecule has 0 saturated carbocycles. The summed E-state index contributed by atoms with van der Waals surface area (Å²) in [5.74, 6) is -0.543. The van der Waals surface area contributed by atoms with Gasteiger partial charge in [0.05, 0.1) is 35.0 Å². The van der Waals surface area contributed by atoms with Gasteiger partial charge in [-0.1, -0.05) is 13.8 Å². The van der Waals surface area contributed by atoms with Crippen molar-refractivity contribution in [2.24, 2.45) is 5.92 Å². The average molecular weight is 578 g/mol. The molecule has 218 valence electrons. The molecule has 43 heavy (non-hydrogen) atoms. The second-order valence-electron chi connectivity index (χ2n) is 11.1. The lowest BCUT2D eigenvalue weighted by atomic mass is 10.0. The molecule has 0 aliphatic carbocycles. The van der Waals surface area contributed by atoms with Gasteiger partial charge in [-0.25, -0.2) is 9.37 Å². The van der Waals surface area contributed by atoms with Crippen molar-refractivity contribution in [2.75, 3.05) is 37.8 Å². The molecule has 0 atom stereocenters. The molecule has 5 aromatic heterocycles. The standard InChI is InChI=1S/C32H32FN9O/c1-18(2)32(43)38-23-11-20(15-34-16-23)27-14-26-29(17-37-27)40-41-30(26)28-13-25-24(5-6-36-31(25)39-28)19-9-21(33)12-22(10-19)35-7-8-42(3)4/h5-6,9-18,35H,7-8H2,1-4H3,(H,36,39)(H,38,43)(H,40,41). The van der Waals surface area contributed by atoms with Gasteiger partial charge in [-0.05, 0) is 67.7 Å². The van der Waals surface area contributed by atoms with E-state index in [1.165, 1.54) is 12.1 Å². The summed E-state index contributed by atoms with van der Waals surface area (Å²) >= 11 is 0. The zero-order valence-electron chi connectivity index (χ0n) is 24.4. The van der Waals surface area contributed by atoms with E-state index in [4.69, 9.17) is 0 Å². The van der Waals surface area contributed by atoms with Crippen molar-refractivity contribution in [1.29, 1.82) is 0 Å². The molecule has 6 rings (SSSR count). The number of pyridine rings is 3. The maximum absolute atomic E-state index is 14.7. The van der Waals surface area contributed by atoms with Crippen LogP contribution in [0.15, 0.2) is 67.3 Å². The van der Waals surface area contributed by atoms with Gasteiger partial charge in [-0.3, -0.25) is 19.9 Å². The van der Waals surface area contributed by atoms with E-state index in [9.17, 15) is 9.18 Å².